The van der Waals surface area contributed by atoms with E-state index < -0.39 is 0 Å². The Morgan fingerprint density at radius 1 is 0.952 bits per heavy atom. The second kappa shape index (κ2) is 6.21. The van der Waals surface area contributed by atoms with Gasteiger partial charge in [-0.25, -0.2) is 0 Å². The Hall–Kier alpha value is -1.96. The van der Waals surface area contributed by atoms with Crippen molar-refractivity contribution >= 4 is 11.4 Å². The lowest BCUT2D eigenvalue weighted by atomic mass is 10.1. The van der Waals surface area contributed by atoms with Crippen LogP contribution in [0.15, 0.2) is 48.5 Å². The van der Waals surface area contributed by atoms with Crippen LogP contribution in [-0.4, -0.2) is 13.1 Å². The largest absolute Gasteiger partial charge is 0.377 e. The molecule has 2 nitrogen and oxygen atoms in total. The molecule has 1 saturated heterocycles. The van der Waals surface area contributed by atoms with E-state index in [4.69, 9.17) is 0 Å². The van der Waals surface area contributed by atoms with Crippen molar-refractivity contribution in [3.05, 3.63) is 59.7 Å². The van der Waals surface area contributed by atoms with Gasteiger partial charge >= 0.3 is 0 Å². The van der Waals surface area contributed by atoms with Crippen molar-refractivity contribution in [1.82, 2.24) is 0 Å². The van der Waals surface area contributed by atoms with E-state index in [-0.39, 0.29) is 0 Å². The second-order valence-electron chi connectivity index (χ2n) is 5.99. The van der Waals surface area contributed by atoms with Gasteiger partial charge in [-0.1, -0.05) is 42.0 Å². The van der Waals surface area contributed by atoms with E-state index in [9.17, 15) is 0 Å². The summed E-state index contributed by atoms with van der Waals surface area (Å²) in [6.45, 7) is 6.71. The van der Waals surface area contributed by atoms with Gasteiger partial charge in [-0.05, 0) is 44.4 Å². The Balaban J connectivity index is 1.79. The van der Waals surface area contributed by atoms with E-state index in [1.165, 1.54) is 48.4 Å². The summed E-state index contributed by atoms with van der Waals surface area (Å²) in [6, 6.07) is 17.8. The molecule has 3 rings (SSSR count). The summed E-state index contributed by atoms with van der Waals surface area (Å²) in [5, 5.41) is 3.68. The predicted molar refractivity (Wildman–Crippen MR) is 91.1 cm³/mol. The van der Waals surface area contributed by atoms with Gasteiger partial charge in [0.25, 0.3) is 0 Å². The second-order valence-corrected chi connectivity index (χ2v) is 5.99. The van der Waals surface area contributed by atoms with Crippen molar-refractivity contribution in [1.29, 1.82) is 0 Å². The fourth-order valence-corrected chi connectivity index (χ4v) is 3.00. The number of rotatable bonds is 4. The Kier molecular flexibility index (Phi) is 4.14. The van der Waals surface area contributed by atoms with E-state index in [1.807, 2.05) is 0 Å². The van der Waals surface area contributed by atoms with Crippen LogP contribution in [0.25, 0.3) is 0 Å². The van der Waals surface area contributed by atoms with Gasteiger partial charge in [-0.2, -0.15) is 0 Å². The van der Waals surface area contributed by atoms with Crippen molar-refractivity contribution in [3.63, 3.8) is 0 Å². The molecule has 1 atom stereocenters. The lowest BCUT2D eigenvalue weighted by Gasteiger charge is -2.24. The molecule has 2 heteroatoms. The number of para-hydroxylation sites is 2. The molecule has 21 heavy (non-hydrogen) atoms. The quantitative estimate of drug-likeness (QED) is 0.868. The molecule has 110 valence electrons. The molecule has 0 aromatic heterocycles. The van der Waals surface area contributed by atoms with Crippen molar-refractivity contribution in [2.45, 2.75) is 32.7 Å². The highest BCUT2D eigenvalue weighted by Gasteiger charge is 2.16. The molecule has 1 unspecified atom stereocenters. The molecule has 0 aliphatic carbocycles. The Morgan fingerprint density at radius 3 is 2.33 bits per heavy atom. The molecule has 1 N–H and O–H groups in total. The minimum Gasteiger partial charge on any atom is -0.377 e. The summed E-state index contributed by atoms with van der Waals surface area (Å²) in [5.41, 5.74) is 5.22. The van der Waals surface area contributed by atoms with E-state index in [2.05, 4.69) is 72.6 Å². The summed E-state index contributed by atoms with van der Waals surface area (Å²) in [6.07, 6.45) is 2.61. The Morgan fingerprint density at radius 2 is 1.62 bits per heavy atom. The molecule has 0 saturated carbocycles. The first kappa shape index (κ1) is 14.0. The van der Waals surface area contributed by atoms with Gasteiger partial charge in [-0.3, -0.25) is 0 Å². The van der Waals surface area contributed by atoms with E-state index >= 15 is 0 Å². The van der Waals surface area contributed by atoms with Crippen LogP contribution in [-0.2, 0) is 0 Å². The van der Waals surface area contributed by atoms with Crippen molar-refractivity contribution < 1.29 is 0 Å². The number of hydrogen-bond donors (Lipinski definition) is 1. The van der Waals surface area contributed by atoms with Crippen molar-refractivity contribution in [2.24, 2.45) is 0 Å². The SMILES string of the molecule is Cc1ccc(C(C)Nc2ccccc2N2CCCC2)cc1. The van der Waals surface area contributed by atoms with Crippen LogP contribution in [0.3, 0.4) is 0 Å². The highest BCUT2D eigenvalue weighted by molar-refractivity contribution is 5.70. The van der Waals surface area contributed by atoms with Crippen LogP contribution >= 0.6 is 0 Å². The van der Waals surface area contributed by atoms with Crippen molar-refractivity contribution in [3.8, 4) is 0 Å². The number of aryl methyl sites for hydroxylation is 1. The van der Waals surface area contributed by atoms with Crippen LogP contribution in [0.5, 0.6) is 0 Å². The smallest absolute Gasteiger partial charge is 0.0602 e. The number of hydrogen-bond acceptors (Lipinski definition) is 2. The first-order valence-electron chi connectivity index (χ1n) is 7.91. The van der Waals surface area contributed by atoms with Crippen LogP contribution in [0, 0.1) is 6.92 Å². The molecule has 2 aromatic rings. The Bertz CT molecular complexity index is 583. The summed E-state index contributed by atoms with van der Waals surface area (Å²) >= 11 is 0. The zero-order valence-corrected chi connectivity index (χ0v) is 13.0. The third-order valence-electron chi connectivity index (χ3n) is 4.30. The molecule has 1 heterocycles. The van der Waals surface area contributed by atoms with Gasteiger partial charge in [0.2, 0.25) is 0 Å². The number of nitrogens with zero attached hydrogens (tertiary/aromatic N) is 1. The topological polar surface area (TPSA) is 15.3 Å². The molecule has 0 radical (unpaired) electrons. The highest BCUT2D eigenvalue weighted by Crippen LogP contribution is 2.31. The fraction of sp³-hybridized carbons (Fsp3) is 0.368. The molecular weight excluding hydrogens is 256 g/mol. The average Bonchev–Trinajstić information content (AvgIpc) is 3.02. The molecule has 1 aliphatic heterocycles. The molecule has 0 spiro atoms. The van der Waals surface area contributed by atoms with Gasteiger partial charge < -0.3 is 10.2 Å². The predicted octanol–water partition coefficient (Wildman–Crippen LogP) is 4.77. The molecular formula is C19H24N2. The maximum absolute atomic E-state index is 3.68. The first-order chi connectivity index (χ1) is 10.2. The maximum atomic E-state index is 3.68. The van der Waals surface area contributed by atoms with Crippen LogP contribution in [0.2, 0.25) is 0 Å². The van der Waals surface area contributed by atoms with E-state index in [0.29, 0.717) is 6.04 Å². The summed E-state index contributed by atoms with van der Waals surface area (Å²) in [4.78, 5) is 2.49. The van der Waals surface area contributed by atoms with Gasteiger partial charge in [0, 0.05) is 19.1 Å². The number of anilines is 2. The molecule has 0 bridgehead atoms. The minimum absolute atomic E-state index is 0.314. The fourth-order valence-electron chi connectivity index (χ4n) is 3.00. The van der Waals surface area contributed by atoms with E-state index in [1.54, 1.807) is 0 Å². The maximum Gasteiger partial charge on any atom is 0.0602 e. The van der Waals surface area contributed by atoms with Gasteiger partial charge in [-0.15, -0.1) is 0 Å². The number of benzene rings is 2. The monoisotopic (exact) mass is 280 g/mol. The molecule has 2 aromatic carbocycles. The highest BCUT2D eigenvalue weighted by atomic mass is 15.2. The van der Waals surface area contributed by atoms with Crippen molar-refractivity contribution in [2.75, 3.05) is 23.3 Å². The van der Waals surface area contributed by atoms with Crippen LogP contribution < -0.4 is 10.2 Å². The van der Waals surface area contributed by atoms with Crippen LogP contribution in [0.1, 0.15) is 36.9 Å². The van der Waals surface area contributed by atoms with Gasteiger partial charge in [0.15, 0.2) is 0 Å². The Labute approximate surface area is 127 Å². The molecule has 1 aliphatic rings. The van der Waals surface area contributed by atoms with Gasteiger partial charge in [0.1, 0.15) is 0 Å². The average molecular weight is 280 g/mol. The summed E-state index contributed by atoms with van der Waals surface area (Å²) < 4.78 is 0. The van der Waals surface area contributed by atoms with Crippen LogP contribution in [0.4, 0.5) is 11.4 Å². The summed E-state index contributed by atoms with van der Waals surface area (Å²) in [5.74, 6) is 0. The standard InChI is InChI=1S/C19H24N2/c1-15-9-11-17(12-10-15)16(2)20-18-7-3-4-8-19(18)21-13-5-6-14-21/h3-4,7-12,16,20H,5-6,13-14H2,1-2H3. The van der Waals surface area contributed by atoms with Gasteiger partial charge in [0.05, 0.1) is 11.4 Å². The lowest BCUT2D eigenvalue weighted by molar-refractivity contribution is 0.877. The first-order valence-corrected chi connectivity index (χ1v) is 7.91. The third-order valence-corrected chi connectivity index (χ3v) is 4.30. The number of nitrogens with one attached hydrogen (secondary N) is 1. The zero-order chi connectivity index (χ0) is 14.7. The zero-order valence-electron chi connectivity index (χ0n) is 13.0. The normalized spacial score (nSPS) is 16.0. The third kappa shape index (κ3) is 3.21. The summed E-state index contributed by atoms with van der Waals surface area (Å²) in [7, 11) is 0. The van der Waals surface area contributed by atoms with E-state index in [0.717, 1.165) is 0 Å². The minimum atomic E-state index is 0.314. The lowest BCUT2D eigenvalue weighted by Crippen LogP contribution is -2.20. The molecule has 1 fully saturated rings. The molecule has 0 amide bonds.